The van der Waals surface area contributed by atoms with Crippen LogP contribution in [0.1, 0.15) is 142 Å². The van der Waals surface area contributed by atoms with E-state index in [2.05, 4.69) is 13.8 Å². The number of unbranched alkanes of at least 4 members (excludes halogenated alkanes) is 14. The molecule has 0 amide bonds. The summed E-state index contributed by atoms with van der Waals surface area (Å²) in [4.78, 5) is 25.8. The lowest BCUT2D eigenvalue weighted by Gasteiger charge is -2.26. The molecule has 3 heterocycles. The molecule has 7 heteroatoms. The lowest BCUT2D eigenvalue weighted by Crippen LogP contribution is -2.37. The van der Waals surface area contributed by atoms with E-state index in [1.54, 1.807) is 0 Å². The van der Waals surface area contributed by atoms with E-state index < -0.39 is 11.8 Å². The lowest BCUT2D eigenvalue weighted by atomic mass is 9.79. The molecule has 41 heavy (non-hydrogen) atoms. The van der Waals surface area contributed by atoms with E-state index in [9.17, 15) is 9.59 Å². The van der Waals surface area contributed by atoms with Gasteiger partial charge in [0.1, 0.15) is 0 Å². The zero-order valence-corrected chi connectivity index (χ0v) is 26.0. The molecule has 8 unspecified atom stereocenters. The first-order chi connectivity index (χ1) is 20.0. The van der Waals surface area contributed by atoms with Crippen LogP contribution < -0.4 is 0 Å². The quantitative estimate of drug-likeness (QED) is 0.0667. The fraction of sp³-hybridized carbons (Fsp3) is 0.941. The van der Waals surface area contributed by atoms with Gasteiger partial charge in [-0.25, -0.2) is 0 Å². The summed E-state index contributed by atoms with van der Waals surface area (Å²) in [6.45, 7) is 5.19. The topological polar surface area (TPSA) is 90.2 Å². The molecule has 4 aliphatic rings. The zero-order valence-electron chi connectivity index (χ0n) is 26.0. The van der Waals surface area contributed by atoms with Crippen LogP contribution in [0.4, 0.5) is 0 Å². The van der Waals surface area contributed by atoms with Crippen LogP contribution in [0.5, 0.6) is 0 Å². The van der Waals surface area contributed by atoms with Gasteiger partial charge in [-0.3, -0.25) is 9.59 Å². The number of hydrogen-bond donors (Lipinski definition) is 0. The molecular weight excluding hydrogens is 520 g/mol. The van der Waals surface area contributed by atoms with E-state index in [0.717, 1.165) is 25.7 Å². The van der Waals surface area contributed by atoms with Crippen LogP contribution in [0.2, 0.25) is 0 Å². The Morgan fingerprint density at radius 1 is 0.512 bits per heavy atom. The predicted octanol–water partition coefficient (Wildman–Crippen LogP) is 7.46. The molecule has 8 atom stereocenters. The SMILES string of the molecule is CC1OC1CCCCCCCCCCOC(=O)C1CC2OC2CC1C(=O)OCCCCCCCCCCC1OC1C. The molecule has 1 aliphatic carbocycles. The fourth-order valence-electron chi connectivity index (χ4n) is 6.59. The molecule has 236 valence electrons. The molecule has 7 nitrogen and oxygen atoms in total. The highest BCUT2D eigenvalue weighted by molar-refractivity contribution is 5.82. The zero-order chi connectivity index (χ0) is 28.9. The second-order valence-electron chi connectivity index (χ2n) is 13.2. The number of carbonyl (C=O) groups excluding carboxylic acids is 2. The van der Waals surface area contributed by atoms with Crippen LogP contribution in [-0.2, 0) is 33.3 Å². The van der Waals surface area contributed by atoms with Crippen LogP contribution in [0.3, 0.4) is 0 Å². The number of esters is 2. The first-order valence-corrected chi connectivity index (χ1v) is 17.3. The highest BCUT2D eigenvalue weighted by Gasteiger charge is 2.53. The minimum atomic E-state index is -0.426. The predicted molar refractivity (Wildman–Crippen MR) is 159 cm³/mol. The van der Waals surface area contributed by atoms with E-state index in [-0.39, 0.29) is 24.1 Å². The van der Waals surface area contributed by atoms with Gasteiger partial charge in [-0.05, 0) is 52.4 Å². The number of hydrogen-bond acceptors (Lipinski definition) is 7. The Labute approximate surface area is 249 Å². The largest absolute Gasteiger partial charge is 0.465 e. The highest BCUT2D eigenvalue weighted by atomic mass is 16.6. The number of rotatable bonds is 24. The molecule has 0 spiro atoms. The smallest absolute Gasteiger partial charge is 0.309 e. The maximum absolute atomic E-state index is 12.9. The Morgan fingerprint density at radius 2 is 0.829 bits per heavy atom. The summed E-state index contributed by atoms with van der Waals surface area (Å²) in [6.07, 6.45) is 25.0. The third-order valence-electron chi connectivity index (χ3n) is 9.68. The average molecular weight is 579 g/mol. The van der Waals surface area contributed by atoms with Gasteiger partial charge in [0.15, 0.2) is 0 Å². The van der Waals surface area contributed by atoms with Crippen molar-refractivity contribution in [2.45, 2.75) is 179 Å². The summed E-state index contributed by atoms with van der Waals surface area (Å²) >= 11 is 0. The van der Waals surface area contributed by atoms with E-state index in [0.29, 0.717) is 50.5 Å². The van der Waals surface area contributed by atoms with Crippen molar-refractivity contribution in [3.63, 3.8) is 0 Å². The number of fused-ring (bicyclic) bond motifs is 1. The van der Waals surface area contributed by atoms with Gasteiger partial charge in [-0.15, -0.1) is 0 Å². The summed E-state index contributed by atoms with van der Waals surface area (Å²) in [5, 5.41) is 0. The van der Waals surface area contributed by atoms with Crippen LogP contribution in [0.25, 0.3) is 0 Å². The van der Waals surface area contributed by atoms with Crippen molar-refractivity contribution in [3.8, 4) is 0 Å². The third kappa shape index (κ3) is 12.5. The molecule has 0 bridgehead atoms. The Kier molecular flexibility index (Phi) is 14.2. The molecular formula is C34H58O7. The molecule has 0 aromatic heterocycles. The van der Waals surface area contributed by atoms with Crippen LogP contribution in [0, 0.1) is 11.8 Å². The fourth-order valence-corrected chi connectivity index (χ4v) is 6.59. The normalized spacial score (nSPS) is 31.4. The Hall–Kier alpha value is -1.18. The van der Waals surface area contributed by atoms with E-state index >= 15 is 0 Å². The Bertz CT molecular complexity index is 710. The van der Waals surface area contributed by atoms with Crippen molar-refractivity contribution >= 4 is 11.9 Å². The van der Waals surface area contributed by atoms with Gasteiger partial charge in [-0.2, -0.15) is 0 Å². The third-order valence-corrected chi connectivity index (χ3v) is 9.68. The van der Waals surface area contributed by atoms with Crippen LogP contribution >= 0.6 is 0 Å². The van der Waals surface area contributed by atoms with Crippen molar-refractivity contribution in [1.29, 1.82) is 0 Å². The maximum atomic E-state index is 12.9. The summed E-state index contributed by atoms with van der Waals surface area (Å²) in [5.41, 5.74) is 0. The first kappa shape index (κ1) is 32.7. The molecule has 0 aromatic rings. The molecule has 3 aliphatic heterocycles. The van der Waals surface area contributed by atoms with Gasteiger partial charge >= 0.3 is 11.9 Å². The van der Waals surface area contributed by atoms with Crippen molar-refractivity contribution in [2.24, 2.45) is 11.8 Å². The second-order valence-corrected chi connectivity index (χ2v) is 13.2. The molecule has 3 saturated heterocycles. The molecule has 4 fully saturated rings. The van der Waals surface area contributed by atoms with Crippen molar-refractivity contribution < 1.29 is 33.3 Å². The van der Waals surface area contributed by atoms with Gasteiger partial charge < -0.3 is 23.7 Å². The average Bonchev–Trinajstić information content (AvgIpc) is 3.90. The van der Waals surface area contributed by atoms with Crippen LogP contribution in [0.15, 0.2) is 0 Å². The van der Waals surface area contributed by atoms with Crippen molar-refractivity contribution in [3.05, 3.63) is 0 Å². The molecule has 1 saturated carbocycles. The van der Waals surface area contributed by atoms with Gasteiger partial charge in [0.05, 0.1) is 61.7 Å². The van der Waals surface area contributed by atoms with Gasteiger partial charge in [-0.1, -0.05) is 89.9 Å². The minimum absolute atomic E-state index is 0.113. The van der Waals surface area contributed by atoms with E-state index in [4.69, 9.17) is 23.7 Å². The molecule has 0 N–H and O–H groups in total. The summed E-state index contributed by atoms with van der Waals surface area (Å²) in [6, 6.07) is 0. The standard InChI is InChI=1S/C34H58O7/c1-25-29(39-25)19-15-11-7-3-5-9-13-17-21-37-33(35)27-23-31-32(41-31)24-28(27)34(36)38-22-18-14-10-6-4-8-12-16-20-30-26(2)40-30/h25-32H,3-24H2,1-2H3. The summed E-state index contributed by atoms with van der Waals surface area (Å²) in [5.74, 6) is -1.34. The van der Waals surface area contributed by atoms with Crippen molar-refractivity contribution in [2.75, 3.05) is 13.2 Å². The van der Waals surface area contributed by atoms with Gasteiger partial charge in [0, 0.05) is 0 Å². The van der Waals surface area contributed by atoms with Gasteiger partial charge in [0.2, 0.25) is 0 Å². The van der Waals surface area contributed by atoms with E-state index in [1.807, 2.05) is 0 Å². The molecule has 4 rings (SSSR count). The van der Waals surface area contributed by atoms with E-state index in [1.165, 1.54) is 89.9 Å². The maximum Gasteiger partial charge on any atom is 0.309 e. The first-order valence-electron chi connectivity index (χ1n) is 17.3. The summed E-state index contributed by atoms with van der Waals surface area (Å²) in [7, 11) is 0. The Morgan fingerprint density at radius 3 is 1.17 bits per heavy atom. The van der Waals surface area contributed by atoms with Gasteiger partial charge in [0.25, 0.3) is 0 Å². The monoisotopic (exact) mass is 578 g/mol. The number of epoxide rings is 3. The minimum Gasteiger partial charge on any atom is -0.465 e. The summed E-state index contributed by atoms with van der Waals surface area (Å²) < 4.78 is 27.8. The number of carbonyl (C=O) groups is 2. The highest BCUT2D eigenvalue weighted by Crippen LogP contribution is 2.44. The lowest BCUT2D eigenvalue weighted by molar-refractivity contribution is -0.162. The Balaban J connectivity index is 0.963. The molecule has 0 aromatic carbocycles. The number of ether oxygens (including phenoxy) is 5. The second kappa shape index (κ2) is 17.8. The van der Waals surface area contributed by atoms with Crippen LogP contribution in [-0.4, -0.2) is 61.8 Å². The van der Waals surface area contributed by atoms with Crippen molar-refractivity contribution in [1.82, 2.24) is 0 Å². The molecule has 0 radical (unpaired) electrons.